The monoisotopic (exact) mass is 295 g/mol. The first-order valence-corrected chi connectivity index (χ1v) is 6.30. The van der Waals surface area contributed by atoms with E-state index in [1.807, 2.05) is 13.8 Å². The number of hydrogen-bond acceptors (Lipinski definition) is 5. The van der Waals surface area contributed by atoms with E-state index >= 15 is 0 Å². The molecule has 4 N–H and O–H groups in total. The molecule has 0 unspecified atom stereocenters. The van der Waals surface area contributed by atoms with Gasteiger partial charge >= 0.3 is 5.97 Å². The van der Waals surface area contributed by atoms with Crippen LogP contribution in [0.25, 0.3) is 0 Å². The van der Waals surface area contributed by atoms with E-state index in [0.29, 0.717) is 0 Å². The number of carbonyl (C=O) groups is 2. The summed E-state index contributed by atoms with van der Waals surface area (Å²) < 4.78 is 0. The van der Waals surface area contributed by atoms with Gasteiger partial charge in [0.05, 0.1) is 10.5 Å². The number of carbonyl (C=O) groups excluding carboxylic acids is 1. The highest BCUT2D eigenvalue weighted by molar-refractivity contribution is 6.02. The number of nitrogens with two attached hydrogens (primary N) is 1. The molecule has 0 aromatic heterocycles. The van der Waals surface area contributed by atoms with E-state index < -0.39 is 28.5 Å². The molecule has 1 aromatic carbocycles. The van der Waals surface area contributed by atoms with E-state index in [2.05, 4.69) is 5.32 Å². The molecule has 0 aliphatic rings. The molecule has 0 fully saturated rings. The maximum absolute atomic E-state index is 12.1. The summed E-state index contributed by atoms with van der Waals surface area (Å²) in [5.74, 6) is -1.85. The third-order valence-corrected chi connectivity index (χ3v) is 2.83. The average molecular weight is 295 g/mol. The predicted octanol–water partition coefficient (Wildman–Crippen LogP) is 1.41. The molecule has 1 aromatic rings. The van der Waals surface area contributed by atoms with Crippen molar-refractivity contribution in [3.05, 3.63) is 33.9 Å². The van der Waals surface area contributed by atoms with Crippen LogP contribution in [0.4, 0.5) is 11.4 Å². The molecule has 0 heterocycles. The highest BCUT2D eigenvalue weighted by Gasteiger charge is 2.24. The number of para-hydroxylation sites is 1. The molecule has 21 heavy (non-hydrogen) atoms. The van der Waals surface area contributed by atoms with Crippen molar-refractivity contribution in [3.8, 4) is 0 Å². The summed E-state index contributed by atoms with van der Waals surface area (Å²) in [7, 11) is 0. The topological polar surface area (TPSA) is 136 Å². The summed E-state index contributed by atoms with van der Waals surface area (Å²) in [5.41, 5.74) is 4.80. The van der Waals surface area contributed by atoms with Crippen molar-refractivity contribution in [2.24, 2.45) is 5.92 Å². The predicted molar refractivity (Wildman–Crippen MR) is 75.9 cm³/mol. The summed E-state index contributed by atoms with van der Waals surface area (Å²) >= 11 is 0. The Morgan fingerprint density at radius 2 is 2.05 bits per heavy atom. The molecule has 1 amide bonds. The van der Waals surface area contributed by atoms with Gasteiger partial charge in [0.25, 0.3) is 11.6 Å². The Kier molecular flexibility index (Phi) is 5.23. The van der Waals surface area contributed by atoms with Crippen LogP contribution < -0.4 is 11.1 Å². The number of nitro benzene ring substituents is 1. The second-order valence-corrected chi connectivity index (χ2v) is 4.99. The van der Waals surface area contributed by atoms with Gasteiger partial charge in [-0.05, 0) is 18.4 Å². The minimum absolute atomic E-state index is 0.0638. The summed E-state index contributed by atoms with van der Waals surface area (Å²) in [4.78, 5) is 33.2. The van der Waals surface area contributed by atoms with E-state index in [0.717, 1.165) is 0 Å². The van der Waals surface area contributed by atoms with Crippen LogP contribution in [0, 0.1) is 16.0 Å². The normalized spacial score (nSPS) is 12.0. The lowest BCUT2D eigenvalue weighted by Crippen LogP contribution is -2.41. The van der Waals surface area contributed by atoms with Crippen molar-refractivity contribution in [2.45, 2.75) is 26.3 Å². The van der Waals surface area contributed by atoms with Crippen LogP contribution in [0.5, 0.6) is 0 Å². The van der Waals surface area contributed by atoms with Gasteiger partial charge in [0, 0.05) is 6.07 Å². The van der Waals surface area contributed by atoms with E-state index in [4.69, 9.17) is 10.8 Å². The van der Waals surface area contributed by atoms with Gasteiger partial charge in [-0.2, -0.15) is 0 Å². The maximum atomic E-state index is 12.1. The Hall–Kier alpha value is -2.64. The zero-order chi connectivity index (χ0) is 16.2. The first-order chi connectivity index (χ1) is 9.73. The Bertz CT molecular complexity index is 571. The third kappa shape index (κ3) is 4.16. The van der Waals surface area contributed by atoms with E-state index in [1.165, 1.54) is 18.2 Å². The molecule has 8 heteroatoms. The fraction of sp³-hybridized carbons (Fsp3) is 0.385. The molecule has 0 saturated heterocycles. The van der Waals surface area contributed by atoms with Gasteiger partial charge in [-0.3, -0.25) is 14.9 Å². The number of carboxylic acids is 1. The molecule has 0 spiro atoms. The molecule has 0 saturated carbocycles. The van der Waals surface area contributed by atoms with Gasteiger partial charge in [0.15, 0.2) is 0 Å². The minimum atomic E-state index is -1.17. The number of benzene rings is 1. The second kappa shape index (κ2) is 6.69. The van der Waals surface area contributed by atoms with Crippen LogP contribution in [0.15, 0.2) is 18.2 Å². The van der Waals surface area contributed by atoms with Crippen LogP contribution in [0.2, 0.25) is 0 Å². The SMILES string of the molecule is CC(C)C[C@@H](NC(=O)c1cccc([N+](=O)[O-])c1N)C(=O)O. The molecule has 0 aliphatic carbocycles. The van der Waals surface area contributed by atoms with Crippen LogP contribution >= 0.6 is 0 Å². The van der Waals surface area contributed by atoms with Gasteiger partial charge in [0.2, 0.25) is 0 Å². The van der Waals surface area contributed by atoms with Crippen molar-refractivity contribution in [1.82, 2.24) is 5.32 Å². The number of rotatable bonds is 6. The maximum Gasteiger partial charge on any atom is 0.326 e. The summed E-state index contributed by atoms with van der Waals surface area (Å²) in [6.45, 7) is 3.65. The van der Waals surface area contributed by atoms with Gasteiger partial charge in [-0.1, -0.05) is 19.9 Å². The lowest BCUT2D eigenvalue weighted by Gasteiger charge is -2.17. The van der Waals surface area contributed by atoms with Crippen LogP contribution in [-0.4, -0.2) is 27.9 Å². The molecular formula is C13H17N3O5. The molecule has 8 nitrogen and oxygen atoms in total. The van der Waals surface area contributed by atoms with Crippen LogP contribution in [0.3, 0.4) is 0 Å². The smallest absolute Gasteiger partial charge is 0.326 e. The number of nitrogen functional groups attached to an aromatic ring is 1. The molecule has 114 valence electrons. The molecule has 0 bridgehead atoms. The first-order valence-electron chi connectivity index (χ1n) is 6.30. The number of nitrogens with zero attached hydrogens (tertiary/aromatic N) is 1. The van der Waals surface area contributed by atoms with Gasteiger partial charge in [-0.25, -0.2) is 4.79 Å². The average Bonchev–Trinajstić information content (AvgIpc) is 2.36. The van der Waals surface area contributed by atoms with Gasteiger partial charge in [0.1, 0.15) is 11.7 Å². The highest BCUT2D eigenvalue weighted by Crippen LogP contribution is 2.24. The number of aliphatic carboxylic acids is 1. The molecule has 1 atom stereocenters. The summed E-state index contributed by atoms with van der Waals surface area (Å²) in [6.07, 6.45) is 0.246. The number of nitro groups is 1. The largest absolute Gasteiger partial charge is 0.480 e. The van der Waals surface area contributed by atoms with Crippen molar-refractivity contribution in [3.63, 3.8) is 0 Å². The van der Waals surface area contributed by atoms with Crippen molar-refractivity contribution in [2.75, 3.05) is 5.73 Å². The number of amides is 1. The lowest BCUT2D eigenvalue weighted by molar-refractivity contribution is -0.383. The molecule has 1 rings (SSSR count). The number of anilines is 1. The number of carboxylic acid groups (broad SMARTS) is 1. The quantitative estimate of drug-likeness (QED) is 0.412. The summed E-state index contributed by atoms with van der Waals surface area (Å²) in [5, 5.41) is 22.2. The van der Waals surface area contributed by atoms with Crippen molar-refractivity contribution < 1.29 is 19.6 Å². The second-order valence-electron chi connectivity index (χ2n) is 4.99. The zero-order valence-corrected chi connectivity index (χ0v) is 11.7. The van der Waals surface area contributed by atoms with Crippen LogP contribution in [-0.2, 0) is 4.79 Å². The Labute approximate surface area is 121 Å². The molecule has 0 aliphatic heterocycles. The summed E-state index contributed by atoms with van der Waals surface area (Å²) in [6, 6.07) is 2.74. The fourth-order valence-electron chi connectivity index (χ4n) is 1.84. The lowest BCUT2D eigenvalue weighted by atomic mass is 10.0. The van der Waals surface area contributed by atoms with E-state index in [1.54, 1.807) is 0 Å². The highest BCUT2D eigenvalue weighted by atomic mass is 16.6. The van der Waals surface area contributed by atoms with Gasteiger partial charge < -0.3 is 16.2 Å². The number of hydrogen-bond donors (Lipinski definition) is 3. The van der Waals surface area contributed by atoms with E-state index in [9.17, 15) is 19.7 Å². The van der Waals surface area contributed by atoms with Gasteiger partial charge in [-0.15, -0.1) is 0 Å². The first kappa shape index (κ1) is 16.4. The fourth-order valence-corrected chi connectivity index (χ4v) is 1.84. The molecule has 0 radical (unpaired) electrons. The number of nitrogens with one attached hydrogen (secondary N) is 1. The Morgan fingerprint density at radius 1 is 1.43 bits per heavy atom. The zero-order valence-electron chi connectivity index (χ0n) is 11.7. The Morgan fingerprint density at radius 3 is 2.52 bits per heavy atom. The third-order valence-electron chi connectivity index (χ3n) is 2.83. The van der Waals surface area contributed by atoms with Crippen molar-refractivity contribution in [1.29, 1.82) is 0 Å². The van der Waals surface area contributed by atoms with E-state index in [-0.39, 0.29) is 23.6 Å². The standard InChI is InChI=1S/C13H17N3O5/c1-7(2)6-9(13(18)19)15-12(17)8-4-3-5-10(11(8)14)16(20)21/h3-5,7,9H,6,14H2,1-2H3,(H,15,17)(H,18,19)/t9-/m1/s1. The van der Waals surface area contributed by atoms with Crippen molar-refractivity contribution >= 4 is 23.3 Å². The Balaban J connectivity index is 3.01. The molecular weight excluding hydrogens is 278 g/mol. The minimum Gasteiger partial charge on any atom is -0.480 e. The van der Waals surface area contributed by atoms with Crippen LogP contribution in [0.1, 0.15) is 30.6 Å².